The Bertz CT molecular complexity index is 1020. The van der Waals surface area contributed by atoms with Crippen LogP contribution in [0.5, 0.6) is 0 Å². The molecule has 0 saturated carbocycles. The number of phosphoric ester groups is 1. The van der Waals surface area contributed by atoms with Gasteiger partial charge in [-0.05, 0) is 83.5 Å². The molecule has 0 aromatic heterocycles. The number of carbonyl (C=O) groups excluding carboxylic acids is 1. The number of aliphatic hydroxyl groups excluding tert-OH is 2. The molecule has 53 heavy (non-hydrogen) atoms. The zero-order valence-corrected chi connectivity index (χ0v) is 35.5. The summed E-state index contributed by atoms with van der Waals surface area (Å²) >= 11 is 0. The van der Waals surface area contributed by atoms with Crippen LogP contribution in [-0.2, 0) is 18.4 Å². The minimum Gasteiger partial charge on any atom is -0.390 e. The highest BCUT2D eigenvalue weighted by Gasteiger charge is 2.31. The molecule has 0 radical (unpaired) electrons. The maximum Gasteiger partial charge on any atom is 0.472 e. The van der Waals surface area contributed by atoms with E-state index >= 15 is 0 Å². The van der Waals surface area contributed by atoms with Crippen molar-refractivity contribution in [3.63, 3.8) is 0 Å². The Morgan fingerprint density at radius 2 is 1.13 bits per heavy atom. The molecule has 0 fully saturated rings. The Hall–Kier alpha value is -1.58. The van der Waals surface area contributed by atoms with Gasteiger partial charge in [-0.1, -0.05) is 120 Å². The van der Waals surface area contributed by atoms with Crippen LogP contribution in [0.1, 0.15) is 162 Å². The lowest BCUT2D eigenvalue weighted by Gasteiger charge is -2.28. The number of carbonyl (C=O) groups is 1. The SMILES string of the molecule is CCCCC/C=C\C/C=C\CCCCCCCCCC(=O)NC(COP(=O)(O)OCC[N+](C)(C)C)C(O)C(O)CCC/C=C/CC/C=C/CCCCC. The third kappa shape index (κ3) is 35.9. The monoisotopic (exact) mass is 770 g/mol. The molecule has 0 saturated heterocycles. The molecule has 0 heterocycles. The van der Waals surface area contributed by atoms with E-state index in [1.807, 2.05) is 21.1 Å². The number of aliphatic hydroxyl groups is 2. The third-order valence-corrected chi connectivity index (χ3v) is 10.1. The molecule has 1 amide bonds. The number of amides is 1. The van der Waals surface area contributed by atoms with Gasteiger partial charge in [0.1, 0.15) is 19.3 Å². The molecule has 0 rings (SSSR count). The van der Waals surface area contributed by atoms with Crippen LogP contribution in [0.4, 0.5) is 0 Å². The van der Waals surface area contributed by atoms with Crippen molar-refractivity contribution in [3.8, 4) is 0 Å². The summed E-state index contributed by atoms with van der Waals surface area (Å²) in [5.74, 6) is -0.284. The van der Waals surface area contributed by atoms with E-state index in [0.717, 1.165) is 57.8 Å². The highest BCUT2D eigenvalue weighted by Crippen LogP contribution is 2.43. The minimum absolute atomic E-state index is 0.0103. The van der Waals surface area contributed by atoms with Crippen LogP contribution in [0.15, 0.2) is 48.6 Å². The third-order valence-electron chi connectivity index (χ3n) is 9.12. The molecule has 0 aromatic carbocycles. The molecule has 0 aliphatic heterocycles. The van der Waals surface area contributed by atoms with Crippen LogP contribution in [0.3, 0.4) is 0 Å². The number of nitrogens with zero attached hydrogens (tertiary/aromatic N) is 1. The van der Waals surface area contributed by atoms with Crippen molar-refractivity contribution >= 4 is 13.7 Å². The van der Waals surface area contributed by atoms with E-state index in [-0.39, 0.29) is 18.9 Å². The highest BCUT2D eigenvalue weighted by atomic mass is 31.2. The standard InChI is InChI=1S/C43H81N2O7P/c1-6-8-10-12-14-16-18-20-21-22-23-24-26-28-30-32-34-36-42(47)44-40(39-52-53(49,50)51-38-37-45(3,4)5)43(48)41(46)35-33-31-29-27-25-19-17-15-13-11-9-7-2/h14-17,20-21,27,29,40-41,43,46,48H,6-13,18-19,22-26,28,30-39H2,1-5H3,(H-,44,47,49,50)/p+1/b16-14-,17-15+,21-20-,29-27+. The van der Waals surface area contributed by atoms with Crippen LogP contribution in [-0.4, -0.2) is 84.6 Å². The van der Waals surface area contributed by atoms with Crippen LogP contribution < -0.4 is 5.32 Å². The number of unbranched alkanes of at least 4 members (excludes halogenated alkanes) is 15. The van der Waals surface area contributed by atoms with E-state index in [1.54, 1.807) is 0 Å². The van der Waals surface area contributed by atoms with Gasteiger partial charge in [-0.15, -0.1) is 0 Å². The van der Waals surface area contributed by atoms with E-state index in [1.165, 1.54) is 64.2 Å². The molecule has 0 bridgehead atoms. The van der Waals surface area contributed by atoms with Crippen LogP contribution in [0.2, 0.25) is 0 Å². The molecule has 310 valence electrons. The van der Waals surface area contributed by atoms with Gasteiger partial charge >= 0.3 is 7.82 Å². The lowest BCUT2D eigenvalue weighted by atomic mass is 10.0. The minimum atomic E-state index is -4.43. The molecule has 4 unspecified atom stereocenters. The highest BCUT2D eigenvalue weighted by molar-refractivity contribution is 7.47. The van der Waals surface area contributed by atoms with Crippen molar-refractivity contribution in [1.29, 1.82) is 0 Å². The normalized spacial score (nSPS) is 15.5. The van der Waals surface area contributed by atoms with Gasteiger partial charge in [0, 0.05) is 6.42 Å². The quantitative estimate of drug-likeness (QED) is 0.0215. The number of likely N-dealkylation sites (N-methyl/N-ethyl adjacent to an activating group) is 1. The summed E-state index contributed by atoms with van der Waals surface area (Å²) < 4.78 is 23.4. The van der Waals surface area contributed by atoms with Crippen molar-refractivity contribution in [2.45, 2.75) is 180 Å². The molecule has 0 aliphatic rings. The first-order valence-electron chi connectivity index (χ1n) is 21.1. The van der Waals surface area contributed by atoms with Crippen molar-refractivity contribution in [3.05, 3.63) is 48.6 Å². The predicted octanol–water partition coefficient (Wildman–Crippen LogP) is 10.3. The Morgan fingerprint density at radius 3 is 1.68 bits per heavy atom. The van der Waals surface area contributed by atoms with E-state index < -0.39 is 32.7 Å². The van der Waals surface area contributed by atoms with E-state index in [4.69, 9.17) is 9.05 Å². The number of quaternary nitrogens is 1. The van der Waals surface area contributed by atoms with Gasteiger partial charge in [-0.25, -0.2) is 4.57 Å². The molecular weight excluding hydrogens is 687 g/mol. The summed E-state index contributed by atoms with van der Waals surface area (Å²) in [5, 5.41) is 24.6. The number of hydrogen-bond donors (Lipinski definition) is 4. The van der Waals surface area contributed by atoms with Crippen LogP contribution >= 0.6 is 7.82 Å². The average molecular weight is 770 g/mol. The molecule has 4 atom stereocenters. The van der Waals surface area contributed by atoms with E-state index in [2.05, 4.69) is 67.8 Å². The summed E-state index contributed by atoms with van der Waals surface area (Å²) in [6, 6.07) is -1.06. The molecule has 4 N–H and O–H groups in total. The molecule has 0 aliphatic carbocycles. The number of hydrogen-bond acceptors (Lipinski definition) is 6. The largest absolute Gasteiger partial charge is 0.472 e. The van der Waals surface area contributed by atoms with Crippen LogP contribution in [0.25, 0.3) is 0 Å². The van der Waals surface area contributed by atoms with E-state index in [9.17, 15) is 24.5 Å². The number of nitrogens with one attached hydrogen (secondary N) is 1. The molecule has 0 spiro atoms. The second kappa shape index (κ2) is 34.9. The summed E-state index contributed by atoms with van der Waals surface area (Å²) in [7, 11) is 1.39. The maximum absolute atomic E-state index is 12.9. The molecule has 9 nitrogen and oxygen atoms in total. The number of allylic oxidation sites excluding steroid dienone is 8. The van der Waals surface area contributed by atoms with Crippen molar-refractivity contribution in [2.75, 3.05) is 40.9 Å². The summed E-state index contributed by atoms with van der Waals surface area (Å²) in [5.41, 5.74) is 0. The smallest absolute Gasteiger partial charge is 0.390 e. The van der Waals surface area contributed by atoms with Crippen LogP contribution in [0, 0.1) is 0 Å². The van der Waals surface area contributed by atoms with Crippen molar-refractivity contribution in [2.24, 2.45) is 0 Å². The molecule has 10 heteroatoms. The number of rotatable bonds is 37. The Morgan fingerprint density at radius 1 is 0.660 bits per heavy atom. The summed E-state index contributed by atoms with van der Waals surface area (Å²) in [6.07, 6.45) is 38.8. The zero-order valence-electron chi connectivity index (χ0n) is 34.6. The Balaban J connectivity index is 4.61. The Labute approximate surface area is 325 Å². The fourth-order valence-electron chi connectivity index (χ4n) is 5.66. The van der Waals surface area contributed by atoms with Gasteiger partial charge in [0.15, 0.2) is 0 Å². The fraction of sp³-hybridized carbons (Fsp3) is 0.791. The lowest BCUT2D eigenvalue weighted by Crippen LogP contribution is -2.51. The topological polar surface area (TPSA) is 125 Å². The average Bonchev–Trinajstić information content (AvgIpc) is 3.10. The van der Waals surface area contributed by atoms with Gasteiger partial charge in [0.2, 0.25) is 5.91 Å². The first-order valence-corrected chi connectivity index (χ1v) is 22.6. The summed E-state index contributed by atoms with van der Waals surface area (Å²) in [6.45, 7) is 4.49. The van der Waals surface area contributed by atoms with Crippen molar-refractivity contribution < 1.29 is 38.0 Å². The Kier molecular flexibility index (Phi) is 33.8. The first-order chi connectivity index (χ1) is 25.4. The maximum atomic E-state index is 12.9. The first kappa shape index (κ1) is 51.4. The second-order valence-electron chi connectivity index (χ2n) is 15.5. The van der Waals surface area contributed by atoms with Gasteiger partial charge in [0.25, 0.3) is 0 Å². The predicted molar refractivity (Wildman–Crippen MR) is 223 cm³/mol. The van der Waals surface area contributed by atoms with E-state index in [0.29, 0.717) is 30.3 Å². The molecule has 0 aromatic rings. The van der Waals surface area contributed by atoms with Gasteiger partial charge < -0.3 is 24.9 Å². The van der Waals surface area contributed by atoms with Gasteiger partial charge in [0.05, 0.1) is 39.9 Å². The lowest BCUT2D eigenvalue weighted by molar-refractivity contribution is -0.870. The second-order valence-corrected chi connectivity index (χ2v) is 16.9. The van der Waals surface area contributed by atoms with Gasteiger partial charge in [-0.2, -0.15) is 0 Å². The zero-order chi connectivity index (χ0) is 39.5. The summed E-state index contributed by atoms with van der Waals surface area (Å²) in [4.78, 5) is 23.1. The van der Waals surface area contributed by atoms with Gasteiger partial charge in [-0.3, -0.25) is 13.8 Å². The fourth-order valence-corrected chi connectivity index (χ4v) is 6.39. The number of phosphoric acid groups is 1. The molecular formula is C43H82N2O7P+. The van der Waals surface area contributed by atoms with Crippen molar-refractivity contribution in [1.82, 2.24) is 5.32 Å².